The predicted molar refractivity (Wildman–Crippen MR) is 86.8 cm³/mol. The molecule has 1 aromatic heterocycles. The van der Waals surface area contributed by atoms with Gasteiger partial charge in [-0.25, -0.2) is 9.97 Å². The van der Waals surface area contributed by atoms with E-state index in [2.05, 4.69) is 30.7 Å². The quantitative estimate of drug-likeness (QED) is 0.559. The van der Waals surface area contributed by atoms with E-state index in [0.717, 1.165) is 21.6 Å². The van der Waals surface area contributed by atoms with E-state index in [0.29, 0.717) is 5.15 Å². The summed E-state index contributed by atoms with van der Waals surface area (Å²) in [5, 5.41) is 2.13. The number of benzene rings is 1. The fraction of sp³-hybridized carbons (Fsp3) is 0.333. The van der Waals surface area contributed by atoms with Gasteiger partial charge in [0.15, 0.2) is 0 Å². The van der Waals surface area contributed by atoms with E-state index < -0.39 is 0 Å². The van der Waals surface area contributed by atoms with Gasteiger partial charge in [-0.05, 0) is 17.7 Å². The fourth-order valence-electron chi connectivity index (χ4n) is 1.54. The molecule has 0 saturated carbocycles. The minimum absolute atomic E-state index is 0.111. The smallest absolute Gasteiger partial charge is 0.136 e. The molecule has 0 amide bonds. The molecule has 2 nitrogen and oxygen atoms in total. The Morgan fingerprint density at radius 1 is 1.05 bits per heavy atom. The lowest BCUT2D eigenvalue weighted by Gasteiger charge is -2.17. The zero-order valence-electron chi connectivity index (χ0n) is 11.7. The summed E-state index contributed by atoms with van der Waals surface area (Å²) in [6.07, 6.45) is 0. The van der Waals surface area contributed by atoms with Gasteiger partial charge in [0, 0.05) is 22.3 Å². The summed E-state index contributed by atoms with van der Waals surface area (Å²) in [7, 11) is 0. The largest absolute Gasteiger partial charge is 0.226 e. The summed E-state index contributed by atoms with van der Waals surface area (Å²) in [5.41, 5.74) is 1.09. The van der Waals surface area contributed by atoms with Crippen LogP contribution in [0.2, 0.25) is 10.2 Å². The Balaban J connectivity index is 2.13. The highest BCUT2D eigenvalue weighted by Gasteiger charge is 2.18. The van der Waals surface area contributed by atoms with Gasteiger partial charge in [0.05, 0.1) is 0 Å². The lowest BCUT2D eigenvalue weighted by atomic mass is 9.96. The molecule has 0 aliphatic heterocycles. The van der Waals surface area contributed by atoms with Gasteiger partial charge in [-0.15, -0.1) is 11.8 Å². The molecular weight excluding hydrogens is 311 g/mol. The van der Waals surface area contributed by atoms with Crippen LogP contribution in [0.4, 0.5) is 0 Å². The zero-order valence-corrected chi connectivity index (χ0v) is 14.0. The number of hydrogen-bond donors (Lipinski definition) is 0. The Morgan fingerprint density at radius 3 is 2.30 bits per heavy atom. The SMILES string of the molecule is CC(C)(C)c1nc(Cl)cc(SCc2ccc(Cl)cc2)n1. The maximum Gasteiger partial charge on any atom is 0.136 e. The normalized spacial score (nSPS) is 11.7. The van der Waals surface area contributed by atoms with Gasteiger partial charge in [-0.3, -0.25) is 0 Å². The number of halogens is 2. The van der Waals surface area contributed by atoms with Crippen molar-refractivity contribution in [2.45, 2.75) is 37.0 Å². The van der Waals surface area contributed by atoms with Crippen LogP contribution in [0.3, 0.4) is 0 Å². The molecule has 0 bridgehead atoms. The molecule has 106 valence electrons. The third-order valence-electron chi connectivity index (χ3n) is 2.64. The highest BCUT2D eigenvalue weighted by Crippen LogP contribution is 2.27. The summed E-state index contributed by atoms with van der Waals surface area (Å²) in [5.74, 6) is 1.59. The van der Waals surface area contributed by atoms with Gasteiger partial charge in [0.1, 0.15) is 16.0 Å². The van der Waals surface area contributed by atoms with E-state index in [9.17, 15) is 0 Å². The van der Waals surface area contributed by atoms with Crippen molar-refractivity contribution < 1.29 is 0 Å². The van der Waals surface area contributed by atoms with Gasteiger partial charge in [-0.1, -0.05) is 56.1 Å². The minimum atomic E-state index is -0.111. The molecule has 2 aromatic rings. The number of aromatic nitrogens is 2. The highest BCUT2D eigenvalue weighted by atomic mass is 35.5. The van der Waals surface area contributed by atoms with Gasteiger partial charge in [0.2, 0.25) is 0 Å². The van der Waals surface area contributed by atoms with Crippen molar-refractivity contribution in [1.29, 1.82) is 0 Å². The van der Waals surface area contributed by atoms with E-state index in [4.69, 9.17) is 23.2 Å². The van der Waals surface area contributed by atoms with Crippen molar-refractivity contribution in [1.82, 2.24) is 9.97 Å². The first kappa shape index (κ1) is 15.6. The van der Waals surface area contributed by atoms with Crippen molar-refractivity contribution >= 4 is 35.0 Å². The van der Waals surface area contributed by atoms with Crippen LogP contribution in [0.25, 0.3) is 0 Å². The Hall–Kier alpha value is -0.770. The number of hydrogen-bond acceptors (Lipinski definition) is 3. The fourth-order valence-corrected chi connectivity index (χ4v) is 2.77. The Kier molecular flexibility index (Phi) is 4.95. The summed E-state index contributed by atoms with van der Waals surface area (Å²) >= 11 is 13.6. The predicted octanol–water partition coefficient (Wildman–Crippen LogP) is 5.37. The molecule has 0 saturated heterocycles. The average Bonchev–Trinajstić information content (AvgIpc) is 2.36. The Bertz CT molecular complexity index is 592. The van der Waals surface area contributed by atoms with Gasteiger partial charge < -0.3 is 0 Å². The Morgan fingerprint density at radius 2 is 1.70 bits per heavy atom. The lowest BCUT2D eigenvalue weighted by molar-refractivity contribution is 0.538. The maximum atomic E-state index is 6.08. The standard InChI is InChI=1S/C15H16Cl2N2S/c1-15(2,3)14-18-12(17)8-13(19-14)20-9-10-4-6-11(16)7-5-10/h4-8H,9H2,1-3H3. The van der Waals surface area contributed by atoms with Crippen LogP contribution in [0, 0.1) is 0 Å². The first-order valence-corrected chi connectivity index (χ1v) is 8.01. The van der Waals surface area contributed by atoms with Crippen molar-refractivity contribution in [2.24, 2.45) is 0 Å². The van der Waals surface area contributed by atoms with Crippen LogP contribution in [0.1, 0.15) is 32.2 Å². The first-order valence-electron chi connectivity index (χ1n) is 6.27. The maximum absolute atomic E-state index is 6.08. The topological polar surface area (TPSA) is 25.8 Å². The number of rotatable bonds is 3. The molecule has 0 N–H and O–H groups in total. The van der Waals surface area contributed by atoms with E-state index in [1.807, 2.05) is 24.3 Å². The first-order chi connectivity index (χ1) is 9.34. The molecule has 5 heteroatoms. The third kappa shape index (κ3) is 4.37. The Labute approximate surface area is 133 Å². The van der Waals surface area contributed by atoms with Crippen molar-refractivity contribution in [3.05, 3.63) is 51.9 Å². The second-order valence-electron chi connectivity index (χ2n) is 5.52. The van der Waals surface area contributed by atoms with E-state index in [-0.39, 0.29) is 5.41 Å². The molecule has 2 rings (SSSR count). The zero-order chi connectivity index (χ0) is 14.8. The van der Waals surface area contributed by atoms with Gasteiger partial charge in [0.25, 0.3) is 0 Å². The van der Waals surface area contributed by atoms with Gasteiger partial charge >= 0.3 is 0 Å². The third-order valence-corrected chi connectivity index (χ3v) is 4.07. The van der Waals surface area contributed by atoms with Crippen LogP contribution in [-0.4, -0.2) is 9.97 Å². The monoisotopic (exact) mass is 326 g/mol. The second kappa shape index (κ2) is 6.33. The second-order valence-corrected chi connectivity index (χ2v) is 7.34. The average molecular weight is 327 g/mol. The summed E-state index contributed by atoms with van der Waals surface area (Å²) in [6, 6.07) is 9.62. The molecule has 0 aliphatic rings. The van der Waals surface area contributed by atoms with Crippen LogP contribution < -0.4 is 0 Å². The van der Waals surface area contributed by atoms with E-state index in [1.165, 1.54) is 5.56 Å². The van der Waals surface area contributed by atoms with Crippen LogP contribution in [0.15, 0.2) is 35.4 Å². The van der Waals surface area contributed by atoms with Crippen LogP contribution in [0.5, 0.6) is 0 Å². The van der Waals surface area contributed by atoms with Crippen LogP contribution in [-0.2, 0) is 11.2 Å². The summed E-state index contributed by atoms with van der Waals surface area (Å²) in [6.45, 7) is 6.23. The lowest BCUT2D eigenvalue weighted by Crippen LogP contribution is -2.16. The number of thioether (sulfide) groups is 1. The molecule has 0 unspecified atom stereocenters. The molecular formula is C15H16Cl2N2S. The molecule has 20 heavy (non-hydrogen) atoms. The highest BCUT2D eigenvalue weighted by molar-refractivity contribution is 7.98. The summed E-state index contributed by atoms with van der Waals surface area (Å²) in [4.78, 5) is 8.87. The number of nitrogens with zero attached hydrogens (tertiary/aromatic N) is 2. The van der Waals surface area contributed by atoms with Crippen molar-refractivity contribution in [2.75, 3.05) is 0 Å². The summed E-state index contributed by atoms with van der Waals surface area (Å²) < 4.78 is 0. The van der Waals surface area contributed by atoms with Gasteiger partial charge in [-0.2, -0.15) is 0 Å². The molecule has 0 radical (unpaired) electrons. The van der Waals surface area contributed by atoms with E-state index in [1.54, 1.807) is 17.8 Å². The molecule has 0 aliphatic carbocycles. The van der Waals surface area contributed by atoms with Crippen molar-refractivity contribution in [3.63, 3.8) is 0 Å². The molecule has 1 aromatic carbocycles. The minimum Gasteiger partial charge on any atom is -0.226 e. The van der Waals surface area contributed by atoms with Crippen LogP contribution >= 0.6 is 35.0 Å². The molecule has 0 atom stereocenters. The van der Waals surface area contributed by atoms with E-state index >= 15 is 0 Å². The molecule has 0 spiro atoms. The van der Waals surface area contributed by atoms with Crippen molar-refractivity contribution in [3.8, 4) is 0 Å². The molecule has 1 heterocycles. The molecule has 0 fully saturated rings.